The Morgan fingerprint density at radius 3 is 2.78 bits per heavy atom. The van der Waals surface area contributed by atoms with Crippen molar-refractivity contribution in [2.45, 2.75) is 39.2 Å². The number of pyridine rings is 1. The van der Waals surface area contributed by atoms with E-state index in [0.29, 0.717) is 5.69 Å². The fraction of sp³-hybridized carbons (Fsp3) is 0.538. The van der Waals surface area contributed by atoms with E-state index in [1.54, 1.807) is 0 Å². The lowest BCUT2D eigenvalue weighted by molar-refractivity contribution is -0.119. The molecular weight excluding hydrogens is 233 g/mol. The van der Waals surface area contributed by atoms with E-state index in [1.165, 1.54) is 12.3 Å². The predicted octanol–water partition coefficient (Wildman–Crippen LogP) is 2.31. The highest BCUT2D eigenvalue weighted by molar-refractivity contribution is 5.92. The first-order chi connectivity index (χ1) is 8.49. The van der Waals surface area contributed by atoms with Gasteiger partial charge in [-0.3, -0.25) is 9.78 Å². The lowest BCUT2D eigenvalue weighted by Gasteiger charge is -2.12. The van der Waals surface area contributed by atoms with Crippen LogP contribution in [0.25, 0.3) is 0 Å². The minimum atomic E-state index is -0.461. The molecule has 1 rings (SSSR count). The maximum absolute atomic E-state index is 12.9. The third-order valence-electron chi connectivity index (χ3n) is 2.72. The highest BCUT2D eigenvalue weighted by Gasteiger charge is 2.13. The quantitative estimate of drug-likeness (QED) is 0.817. The highest BCUT2D eigenvalue weighted by atomic mass is 19.1. The SMILES string of the molecule is CC(N)CCCC(C)C(=O)Nc1cncc(F)c1. The van der Waals surface area contributed by atoms with Crippen molar-refractivity contribution in [2.24, 2.45) is 11.7 Å². The molecule has 2 atom stereocenters. The molecule has 4 nitrogen and oxygen atoms in total. The van der Waals surface area contributed by atoms with Crippen LogP contribution < -0.4 is 11.1 Å². The summed E-state index contributed by atoms with van der Waals surface area (Å²) in [5, 5.41) is 2.65. The van der Waals surface area contributed by atoms with Gasteiger partial charge in [0.25, 0.3) is 0 Å². The Bertz CT molecular complexity index is 396. The molecule has 100 valence electrons. The molecule has 0 spiro atoms. The minimum absolute atomic E-state index is 0.118. The molecule has 0 bridgehead atoms. The first-order valence-electron chi connectivity index (χ1n) is 6.16. The summed E-state index contributed by atoms with van der Waals surface area (Å²) >= 11 is 0. The smallest absolute Gasteiger partial charge is 0.227 e. The number of carbonyl (C=O) groups is 1. The van der Waals surface area contributed by atoms with Gasteiger partial charge in [-0.2, -0.15) is 0 Å². The van der Waals surface area contributed by atoms with E-state index in [9.17, 15) is 9.18 Å². The van der Waals surface area contributed by atoms with Crippen LogP contribution in [-0.4, -0.2) is 16.9 Å². The number of amides is 1. The monoisotopic (exact) mass is 253 g/mol. The fourth-order valence-electron chi connectivity index (χ4n) is 1.62. The van der Waals surface area contributed by atoms with Gasteiger partial charge in [0, 0.05) is 18.0 Å². The molecule has 0 saturated carbocycles. The van der Waals surface area contributed by atoms with Crippen LogP contribution in [0.2, 0.25) is 0 Å². The largest absolute Gasteiger partial charge is 0.328 e. The minimum Gasteiger partial charge on any atom is -0.328 e. The van der Waals surface area contributed by atoms with E-state index in [1.807, 2.05) is 13.8 Å². The van der Waals surface area contributed by atoms with E-state index in [4.69, 9.17) is 5.73 Å². The Balaban J connectivity index is 2.40. The van der Waals surface area contributed by atoms with Crippen LogP contribution in [0.15, 0.2) is 18.5 Å². The lowest BCUT2D eigenvalue weighted by Crippen LogP contribution is -2.21. The number of rotatable bonds is 6. The Morgan fingerprint density at radius 2 is 2.17 bits per heavy atom. The molecular formula is C13H20FN3O. The molecule has 0 aliphatic carbocycles. The summed E-state index contributed by atoms with van der Waals surface area (Å²) in [5.74, 6) is -0.698. The molecule has 5 heteroatoms. The molecule has 1 amide bonds. The van der Waals surface area contributed by atoms with E-state index in [0.717, 1.165) is 25.5 Å². The van der Waals surface area contributed by atoms with Crippen LogP contribution in [0.3, 0.4) is 0 Å². The number of carbonyl (C=O) groups excluding carboxylic acids is 1. The van der Waals surface area contributed by atoms with Crippen LogP contribution in [0.5, 0.6) is 0 Å². The number of nitrogens with one attached hydrogen (secondary N) is 1. The maximum Gasteiger partial charge on any atom is 0.227 e. The molecule has 1 aromatic rings. The van der Waals surface area contributed by atoms with Gasteiger partial charge in [0.15, 0.2) is 0 Å². The van der Waals surface area contributed by atoms with Gasteiger partial charge in [0.2, 0.25) is 5.91 Å². The van der Waals surface area contributed by atoms with Crippen molar-refractivity contribution >= 4 is 11.6 Å². The topological polar surface area (TPSA) is 68.0 Å². The zero-order valence-electron chi connectivity index (χ0n) is 10.8. The number of hydrogen-bond donors (Lipinski definition) is 2. The average Bonchev–Trinajstić information content (AvgIpc) is 2.28. The highest BCUT2D eigenvalue weighted by Crippen LogP contribution is 2.13. The van der Waals surface area contributed by atoms with Crippen molar-refractivity contribution in [3.8, 4) is 0 Å². The summed E-state index contributed by atoms with van der Waals surface area (Å²) in [5.41, 5.74) is 6.03. The molecule has 0 fully saturated rings. The van der Waals surface area contributed by atoms with Crippen LogP contribution in [0, 0.1) is 11.7 Å². The molecule has 0 aliphatic rings. The summed E-state index contributed by atoms with van der Waals surface area (Å²) < 4.78 is 12.9. The van der Waals surface area contributed by atoms with Crippen LogP contribution >= 0.6 is 0 Å². The Kier molecular flexibility index (Phi) is 5.71. The van der Waals surface area contributed by atoms with Crippen molar-refractivity contribution in [3.63, 3.8) is 0 Å². The van der Waals surface area contributed by atoms with E-state index >= 15 is 0 Å². The summed E-state index contributed by atoms with van der Waals surface area (Å²) in [6.45, 7) is 3.80. The van der Waals surface area contributed by atoms with Crippen molar-refractivity contribution in [1.82, 2.24) is 4.98 Å². The second-order valence-corrected chi connectivity index (χ2v) is 4.69. The van der Waals surface area contributed by atoms with Crippen molar-refractivity contribution < 1.29 is 9.18 Å². The standard InChI is InChI=1S/C13H20FN3O/c1-9(4-3-5-10(2)15)13(18)17-12-6-11(14)7-16-8-12/h6-10H,3-5,15H2,1-2H3,(H,17,18). The van der Waals surface area contributed by atoms with Crippen molar-refractivity contribution in [2.75, 3.05) is 5.32 Å². The van der Waals surface area contributed by atoms with Crippen molar-refractivity contribution in [3.05, 3.63) is 24.3 Å². The lowest BCUT2D eigenvalue weighted by atomic mass is 10.0. The zero-order chi connectivity index (χ0) is 13.5. The molecule has 1 aromatic heterocycles. The second kappa shape index (κ2) is 7.06. The third kappa shape index (κ3) is 5.23. The predicted molar refractivity (Wildman–Crippen MR) is 69.5 cm³/mol. The second-order valence-electron chi connectivity index (χ2n) is 4.69. The molecule has 3 N–H and O–H groups in total. The van der Waals surface area contributed by atoms with Crippen molar-refractivity contribution in [1.29, 1.82) is 0 Å². The summed E-state index contributed by atoms with van der Waals surface area (Å²) in [6, 6.07) is 1.41. The molecule has 18 heavy (non-hydrogen) atoms. The Morgan fingerprint density at radius 1 is 1.44 bits per heavy atom. The summed E-state index contributed by atoms with van der Waals surface area (Å²) in [7, 11) is 0. The Hall–Kier alpha value is -1.49. The van der Waals surface area contributed by atoms with Crippen LogP contribution in [-0.2, 0) is 4.79 Å². The van der Waals surface area contributed by atoms with Gasteiger partial charge in [0.1, 0.15) is 5.82 Å². The van der Waals surface area contributed by atoms with Gasteiger partial charge in [-0.25, -0.2) is 4.39 Å². The van der Waals surface area contributed by atoms with Gasteiger partial charge < -0.3 is 11.1 Å². The van der Waals surface area contributed by atoms with Gasteiger partial charge in [0.05, 0.1) is 18.1 Å². The molecule has 0 radical (unpaired) electrons. The fourth-order valence-corrected chi connectivity index (χ4v) is 1.62. The van der Waals surface area contributed by atoms with E-state index in [-0.39, 0.29) is 17.9 Å². The molecule has 0 saturated heterocycles. The molecule has 1 heterocycles. The number of anilines is 1. The Labute approximate surface area is 107 Å². The third-order valence-corrected chi connectivity index (χ3v) is 2.72. The summed E-state index contributed by atoms with van der Waals surface area (Å²) in [6.07, 6.45) is 5.11. The van der Waals surface area contributed by atoms with Gasteiger partial charge in [-0.05, 0) is 19.8 Å². The summed E-state index contributed by atoms with van der Waals surface area (Å²) in [4.78, 5) is 15.5. The van der Waals surface area contributed by atoms with E-state index in [2.05, 4.69) is 10.3 Å². The van der Waals surface area contributed by atoms with Crippen LogP contribution in [0.1, 0.15) is 33.1 Å². The normalized spacial score (nSPS) is 14.0. The molecule has 0 aromatic carbocycles. The maximum atomic E-state index is 12.9. The average molecular weight is 253 g/mol. The molecule has 0 aliphatic heterocycles. The van der Waals surface area contributed by atoms with E-state index < -0.39 is 5.82 Å². The number of aromatic nitrogens is 1. The number of nitrogens with two attached hydrogens (primary N) is 1. The first-order valence-corrected chi connectivity index (χ1v) is 6.16. The number of nitrogens with zero attached hydrogens (tertiary/aromatic N) is 1. The van der Waals surface area contributed by atoms with Gasteiger partial charge in [-0.15, -0.1) is 0 Å². The van der Waals surface area contributed by atoms with Crippen LogP contribution in [0.4, 0.5) is 10.1 Å². The molecule has 2 unspecified atom stereocenters. The number of hydrogen-bond acceptors (Lipinski definition) is 3. The first kappa shape index (κ1) is 14.6. The van der Waals surface area contributed by atoms with Gasteiger partial charge in [-0.1, -0.05) is 13.3 Å². The van der Waals surface area contributed by atoms with Gasteiger partial charge >= 0.3 is 0 Å². The number of halogens is 1. The zero-order valence-corrected chi connectivity index (χ0v) is 10.8.